The number of hydrogen-bond donors (Lipinski definition) is 0. The number of pyridine rings is 1. The topological polar surface area (TPSA) is 60.2 Å². The number of nitriles is 1. The van der Waals surface area contributed by atoms with Crippen molar-refractivity contribution >= 4 is 11.7 Å². The smallest absolute Gasteiger partial charge is 0.226 e. The summed E-state index contributed by atoms with van der Waals surface area (Å²) in [6, 6.07) is 5.79. The van der Waals surface area contributed by atoms with Gasteiger partial charge in [-0.25, -0.2) is 4.98 Å². The fourth-order valence-corrected chi connectivity index (χ4v) is 3.36. The fraction of sp³-hybridized carbons (Fsp3) is 0.500. The number of carbonyl (C=O) groups is 1. The highest BCUT2D eigenvalue weighted by molar-refractivity contribution is 5.79. The lowest BCUT2D eigenvalue weighted by Crippen LogP contribution is -2.39. The van der Waals surface area contributed by atoms with Crippen molar-refractivity contribution in [3.8, 4) is 6.07 Å². The van der Waals surface area contributed by atoms with Crippen molar-refractivity contribution in [1.82, 2.24) is 9.88 Å². The predicted octanol–water partition coefficient (Wildman–Crippen LogP) is 2.35. The molecule has 1 aliphatic heterocycles. The molecule has 0 unspecified atom stereocenters. The standard InChI is InChI=1S/C18H22N4O/c19-14-16-8-4-9-20-17(16)21-10-5-11-22(13-12-21)18(23)15-6-2-1-3-7-15/h1-2,4,8-9,15H,3,5-7,10-13H2/t15-/m0/s1. The summed E-state index contributed by atoms with van der Waals surface area (Å²) in [6.07, 6.45) is 9.78. The molecule has 1 amide bonds. The summed E-state index contributed by atoms with van der Waals surface area (Å²) in [5, 5.41) is 9.24. The van der Waals surface area contributed by atoms with E-state index in [2.05, 4.69) is 28.1 Å². The van der Waals surface area contributed by atoms with Crippen LogP contribution in [0.3, 0.4) is 0 Å². The summed E-state index contributed by atoms with van der Waals surface area (Å²) in [5.41, 5.74) is 0.602. The van der Waals surface area contributed by atoms with Crippen LogP contribution in [0.25, 0.3) is 0 Å². The molecule has 0 N–H and O–H groups in total. The Bertz CT molecular complexity index is 634. The first-order chi connectivity index (χ1) is 11.3. The molecule has 0 bridgehead atoms. The number of nitrogens with zero attached hydrogens (tertiary/aromatic N) is 4. The summed E-state index contributed by atoms with van der Waals surface area (Å²) in [6.45, 7) is 3.07. The Hall–Kier alpha value is -2.35. The second-order valence-corrected chi connectivity index (χ2v) is 6.13. The molecule has 3 rings (SSSR count). The van der Waals surface area contributed by atoms with Crippen LogP contribution in [0.1, 0.15) is 31.2 Å². The van der Waals surface area contributed by atoms with Gasteiger partial charge in [0.15, 0.2) is 0 Å². The second kappa shape index (κ2) is 7.28. The SMILES string of the molecule is N#Cc1cccnc1N1CCCN(C(=O)[C@H]2CC=CCC2)CC1. The number of carbonyl (C=O) groups excluding carboxylic acids is 1. The lowest BCUT2D eigenvalue weighted by molar-refractivity contribution is -0.135. The van der Waals surface area contributed by atoms with Crippen LogP contribution in [-0.4, -0.2) is 42.0 Å². The average Bonchev–Trinajstić information content (AvgIpc) is 2.88. The molecule has 1 aromatic heterocycles. The van der Waals surface area contributed by atoms with E-state index in [4.69, 9.17) is 0 Å². The molecule has 5 nitrogen and oxygen atoms in total. The van der Waals surface area contributed by atoms with Crippen LogP contribution in [0.5, 0.6) is 0 Å². The molecule has 1 atom stereocenters. The molecule has 1 saturated heterocycles. The quantitative estimate of drug-likeness (QED) is 0.787. The summed E-state index contributed by atoms with van der Waals surface area (Å²) < 4.78 is 0. The molecule has 1 fully saturated rings. The van der Waals surface area contributed by atoms with Gasteiger partial charge in [-0.2, -0.15) is 5.26 Å². The van der Waals surface area contributed by atoms with Gasteiger partial charge < -0.3 is 9.80 Å². The molecule has 2 aliphatic rings. The Morgan fingerprint density at radius 2 is 2.17 bits per heavy atom. The van der Waals surface area contributed by atoms with Crippen LogP contribution in [0.2, 0.25) is 0 Å². The van der Waals surface area contributed by atoms with Crippen molar-refractivity contribution in [1.29, 1.82) is 5.26 Å². The zero-order valence-electron chi connectivity index (χ0n) is 13.3. The Morgan fingerprint density at radius 1 is 1.26 bits per heavy atom. The zero-order valence-corrected chi connectivity index (χ0v) is 13.3. The minimum atomic E-state index is 0.149. The summed E-state index contributed by atoms with van der Waals surface area (Å²) >= 11 is 0. The van der Waals surface area contributed by atoms with E-state index in [0.29, 0.717) is 12.1 Å². The fourth-order valence-electron chi connectivity index (χ4n) is 3.36. The van der Waals surface area contributed by atoms with Crippen LogP contribution in [0.4, 0.5) is 5.82 Å². The summed E-state index contributed by atoms with van der Waals surface area (Å²) in [4.78, 5) is 21.2. The van der Waals surface area contributed by atoms with Crippen molar-refractivity contribution in [2.75, 3.05) is 31.1 Å². The van der Waals surface area contributed by atoms with Gasteiger partial charge in [0.25, 0.3) is 0 Å². The van der Waals surface area contributed by atoms with Crippen LogP contribution in [-0.2, 0) is 4.79 Å². The number of amides is 1. The van der Waals surface area contributed by atoms with Gasteiger partial charge in [-0.15, -0.1) is 0 Å². The highest BCUT2D eigenvalue weighted by Crippen LogP contribution is 2.23. The van der Waals surface area contributed by atoms with Crippen molar-refractivity contribution in [3.05, 3.63) is 36.0 Å². The number of hydrogen-bond acceptors (Lipinski definition) is 4. The van der Waals surface area contributed by atoms with Crippen LogP contribution >= 0.6 is 0 Å². The molecule has 1 aromatic rings. The van der Waals surface area contributed by atoms with Crippen molar-refractivity contribution in [2.24, 2.45) is 5.92 Å². The van der Waals surface area contributed by atoms with Crippen LogP contribution in [0.15, 0.2) is 30.5 Å². The van der Waals surface area contributed by atoms with E-state index in [9.17, 15) is 10.1 Å². The molecular weight excluding hydrogens is 288 g/mol. The first-order valence-corrected chi connectivity index (χ1v) is 8.33. The van der Waals surface area contributed by atoms with Crippen molar-refractivity contribution in [3.63, 3.8) is 0 Å². The van der Waals surface area contributed by atoms with Crippen molar-refractivity contribution < 1.29 is 4.79 Å². The van der Waals surface area contributed by atoms with Gasteiger partial charge in [0.1, 0.15) is 11.9 Å². The van der Waals surface area contributed by atoms with Crippen molar-refractivity contribution in [2.45, 2.75) is 25.7 Å². The maximum absolute atomic E-state index is 12.7. The molecule has 0 aromatic carbocycles. The van der Waals surface area contributed by atoms with Gasteiger partial charge in [-0.3, -0.25) is 4.79 Å². The monoisotopic (exact) mass is 310 g/mol. The van der Waals surface area contributed by atoms with E-state index in [1.807, 2.05) is 4.90 Å². The first-order valence-electron chi connectivity index (χ1n) is 8.33. The molecule has 0 spiro atoms. The van der Waals surface area contributed by atoms with E-state index in [0.717, 1.165) is 51.1 Å². The largest absolute Gasteiger partial charge is 0.354 e. The zero-order chi connectivity index (χ0) is 16.1. The Labute approximate surface area is 137 Å². The molecular formula is C18H22N4O. The Kier molecular flexibility index (Phi) is 4.92. The maximum atomic E-state index is 12.7. The minimum absolute atomic E-state index is 0.149. The highest BCUT2D eigenvalue weighted by Gasteiger charge is 2.26. The molecule has 23 heavy (non-hydrogen) atoms. The van der Waals surface area contributed by atoms with Gasteiger partial charge in [0.05, 0.1) is 5.56 Å². The van der Waals surface area contributed by atoms with Crippen LogP contribution in [0, 0.1) is 17.2 Å². The summed E-state index contributed by atoms with van der Waals surface area (Å²) in [7, 11) is 0. The lowest BCUT2D eigenvalue weighted by atomic mass is 9.93. The molecule has 5 heteroatoms. The van der Waals surface area contributed by atoms with E-state index in [-0.39, 0.29) is 11.8 Å². The predicted molar refractivity (Wildman–Crippen MR) is 88.8 cm³/mol. The first kappa shape index (κ1) is 15.5. The number of rotatable bonds is 2. The molecule has 1 aliphatic carbocycles. The number of aromatic nitrogens is 1. The number of anilines is 1. The van der Waals surface area contributed by atoms with Gasteiger partial charge in [0.2, 0.25) is 5.91 Å². The third-order valence-electron chi connectivity index (χ3n) is 4.63. The normalized spacial score (nSPS) is 21.6. The average molecular weight is 310 g/mol. The maximum Gasteiger partial charge on any atom is 0.226 e. The van der Waals surface area contributed by atoms with Crippen LogP contribution < -0.4 is 4.90 Å². The Morgan fingerprint density at radius 3 is 2.96 bits per heavy atom. The second-order valence-electron chi connectivity index (χ2n) is 6.13. The van der Waals surface area contributed by atoms with Gasteiger partial charge in [0, 0.05) is 38.3 Å². The molecule has 0 saturated carbocycles. The van der Waals surface area contributed by atoms with E-state index in [1.54, 1.807) is 18.3 Å². The summed E-state index contributed by atoms with van der Waals surface area (Å²) in [5.74, 6) is 1.18. The molecule has 120 valence electrons. The Balaban J connectivity index is 1.66. The number of allylic oxidation sites excluding steroid dienone is 2. The van der Waals surface area contributed by atoms with E-state index < -0.39 is 0 Å². The third-order valence-corrected chi connectivity index (χ3v) is 4.63. The van der Waals surface area contributed by atoms with Gasteiger partial charge in [-0.1, -0.05) is 12.2 Å². The van der Waals surface area contributed by atoms with Gasteiger partial charge in [-0.05, 0) is 37.8 Å². The minimum Gasteiger partial charge on any atom is -0.354 e. The third kappa shape index (κ3) is 3.53. The van der Waals surface area contributed by atoms with E-state index in [1.165, 1.54) is 0 Å². The highest BCUT2D eigenvalue weighted by atomic mass is 16.2. The lowest BCUT2D eigenvalue weighted by Gasteiger charge is -2.27. The molecule has 2 heterocycles. The molecule has 0 radical (unpaired) electrons. The van der Waals surface area contributed by atoms with E-state index >= 15 is 0 Å². The van der Waals surface area contributed by atoms with Gasteiger partial charge >= 0.3 is 0 Å².